The number of benzene rings is 2. The van der Waals surface area contributed by atoms with Crippen molar-refractivity contribution in [3.05, 3.63) is 71.2 Å². The van der Waals surface area contributed by atoms with Gasteiger partial charge in [-0.1, -0.05) is 50.8 Å². The first-order valence-corrected chi connectivity index (χ1v) is 16.6. The Balaban J connectivity index is 0.000000477. The van der Waals surface area contributed by atoms with Gasteiger partial charge in [0.15, 0.2) is 10.3 Å². The van der Waals surface area contributed by atoms with Gasteiger partial charge in [-0.05, 0) is 48.1 Å². The lowest BCUT2D eigenvalue weighted by Crippen LogP contribution is -2.26. The highest BCUT2D eigenvalue weighted by Crippen LogP contribution is 2.45. The fourth-order valence-electron chi connectivity index (χ4n) is 5.46. The lowest BCUT2D eigenvalue weighted by molar-refractivity contribution is -0.118. The van der Waals surface area contributed by atoms with Crippen LogP contribution in [0.2, 0.25) is 0 Å². The molecule has 2 aliphatic rings. The normalized spacial score (nSPS) is 19.9. The number of hydrogen-bond acceptors (Lipinski definition) is 9. The largest absolute Gasteiger partial charge is 0.375 e. The summed E-state index contributed by atoms with van der Waals surface area (Å²) in [5, 5.41) is 7.87. The van der Waals surface area contributed by atoms with Crippen molar-refractivity contribution in [3.63, 3.8) is 0 Å². The van der Waals surface area contributed by atoms with Gasteiger partial charge in [0.05, 0.1) is 27.1 Å². The minimum absolute atomic E-state index is 0.0877. The van der Waals surface area contributed by atoms with E-state index in [9.17, 15) is 13.2 Å². The number of nitrogens with zero attached hydrogens (tertiary/aromatic N) is 3. The maximum Gasteiger partial charge on any atom is 0.233 e. The molecule has 3 N–H and O–H groups in total. The Labute approximate surface area is 243 Å². The zero-order valence-electron chi connectivity index (χ0n) is 22.5. The molecule has 8 nitrogen and oxygen atoms in total. The highest BCUT2D eigenvalue weighted by molar-refractivity contribution is 7.92. The van der Waals surface area contributed by atoms with E-state index in [-0.39, 0.29) is 16.7 Å². The van der Waals surface area contributed by atoms with E-state index in [0.29, 0.717) is 32.5 Å². The molecule has 210 valence electrons. The molecule has 1 unspecified atom stereocenters. The quantitative estimate of drug-likeness (QED) is 0.263. The van der Waals surface area contributed by atoms with Crippen molar-refractivity contribution in [2.24, 2.45) is 11.8 Å². The van der Waals surface area contributed by atoms with Gasteiger partial charge in [0.1, 0.15) is 0 Å². The number of sulfone groups is 1. The van der Waals surface area contributed by atoms with Crippen LogP contribution in [-0.4, -0.2) is 31.3 Å². The van der Waals surface area contributed by atoms with Crippen LogP contribution >= 0.6 is 22.7 Å². The second kappa shape index (κ2) is 12.1. The predicted octanol–water partition coefficient (Wildman–Crippen LogP) is 6.72. The molecule has 1 fully saturated rings. The third-order valence-corrected chi connectivity index (χ3v) is 10.8. The molecule has 0 saturated heterocycles. The molecule has 40 heavy (non-hydrogen) atoms. The minimum atomic E-state index is -3.62. The summed E-state index contributed by atoms with van der Waals surface area (Å²) in [5.74, 6) is 0.749. The lowest BCUT2D eigenvalue weighted by atomic mass is 9.77. The van der Waals surface area contributed by atoms with Crippen molar-refractivity contribution in [1.29, 1.82) is 0 Å². The van der Waals surface area contributed by atoms with E-state index in [2.05, 4.69) is 22.2 Å². The van der Waals surface area contributed by atoms with E-state index in [1.807, 2.05) is 47.0 Å². The summed E-state index contributed by atoms with van der Waals surface area (Å²) < 4.78 is 26.6. The zero-order chi connectivity index (χ0) is 28.3. The molecule has 3 heterocycles. The van der Waals surface area contributed by atoms with Gasteiger partial charge >= 0.3 is 0 Å². The fourth-order valence-corrected chi connectivity index (χ4v) is 8.06. The molecule has 1 aliphatic carbocycles. The Kier molecular flexibility index (Phi) is 8.53. The minimum Gasteiger partial charge on any atom is -0.375 e. The number of fused-ring (bicyclic) bond motifs is 2. The number of nitrogen functional groups attached to an aromatic ring is 1. The molecule has 1 amide bonds. The van der Waals surface area contributed by atoms with Gasteiger partial charge in [0.2, 0.25) is 15.7 Å². The summed E-state index contributed by atoms with van der Waals surface area (Å²) in [6.45, 7) is 2.29. The zero-order valence-corrected chi connectivity index (χ0v) is 24.9. The molecular formula is C29H33N5O3S3. The van der Waals surface area contributed by atoms with Gasteiger partial charge in [0.25, 0.3) is 0 Å². The molecule has 1 atom stereocenters. The topological polar surface area (TPSA) is 118 Å². The van der Waals surface area contributed by atoms with Crippen molar-refractivity contribution in [2.45, 2.75) is 54.7 Å². The summed E-state index contributed by atoms with van der Waals surface area (Å²) in [4.78, 5) is 23.9. The third kappa shape index (κ3) is 6.06. The SMILES string of the molecule is CC1CCC(CC(C(=O)Nc2nccs2)c2ccc3c(c2)N(C)c2ccccc2S3(=O)=O)CC1.Nc1nccs1. The van der Waals surface area contributed by atoms with Gasteiger partial charge in [-0.3, -0.25) is 4.79 Å². The Morgan fingerprint density at radius 3 is 2.38 bits per heavy atom. The van der Waals surface area contributed by atoms with E-state index in [1.165, 1.54) is 35.5 Å². The van der Waals surface area contributed by atoms with Crippen LogP contribution in [0.25, 0.3) is 0 Å². The van der Waals surface area contributed by atoms with Gasteiger partial charge in [-0.25, -0.2) is 18.4 Å². The molecular weight excluding hydrogens is 563 g/mol. The number of thiazole rings is 2. The average molecular weight is 596 g/mol. The number of aromatic nitrogens is 2. The molecule has 6 rings (SSSR count). The van der Waals surface area contributed by atoms with Gasteiger partial charge in [-0.2, -0.15) is 0 Å². The average Bonchev–Trinajstić information content (AvgIpc) is 3.66. The Morgan fingerprint density at radius 2 is 1.73 bits per heavy atom. The molecule has 0 radical (unpaired) electrons. The highest BCUT2D eigenvalue weighted by atomic mass is 32.2. The first-order valence-electron chi connectivity index (χ1n) is 13.3. The first-order chi connectivity index (χ1) is 19.2. The fraction of sp³-hybridized carbons (Fsp3) is 0.345. The van der Waals surface area contributed by atoms with Crippen LogP contribution in [-0.2, 0) is 14.6 Å². The number of hydrogen-bond donors (Lipinski definition) is 2. The molecule has 0 spiro atoms. The molecule has 2 aromatic carbocycles. The van der Waals surface area contributed by atoms with Gasteiger partial charge in [0, 0.05) is 30.2 Å². The Morgan fingerprint density at radius 1 is 1.02 bits per heavy atom. The van der Waals surface area contributed by atoms with Crippen LogP contribution in [0.3, 0.4) is 0 Å². The maximum atomic E-state index is 13.4. The van der Waals surface area contributed by atoms with E-state index in [0.717, 1.165) is 30.7 Å². The molecule has 11 heteroatoms. The van der Waals surface area contributed by atoms with Crippen LogP contribution in [0, 0.1) is 11.8 Å². The van der Waals surface area contributed by atoms with E-state index >= 15 is 0 Å². The summed E-state index contributed by atoms with van der Waals surface area (Å²) in [6.07, 6.45) is 8.72. The van der Waals surface area contributed by atoms with Crippen molar-refractivity contribution >= 4 is 60.1 Å². The molecule has 2 aromatic heterocycles. The summed E-state index contributed by atoms with van der Waals surface area (Å²) >= 11 is 2.84. The third-order valence-electron chi connectivity index (χ3n) is 7.69. The summed E-state index contributed by atoms with van der Waals surface area (Å²) in [7, 11) is -1.74. The van der Waals surface area contributed by atoms with Crippen LogP contribution < -0.4 is 16.0 Å². The van der Waals surface area contributed by atoms with Crippen molar-refractivity contribution in [3.8, 4) is 0 Å². The van der Waals surface area contributed by atoms with E-state index in [4.69, 9.17) is 5.73 Å². The number of nitrogens with one attached hydrogen (secondary N) is 1. The maximum absolute atomic E-state index is 13.4. The molecule has 1 aliphatic heterocycles. The van der Waals surface area contributed by atoms with Gasteiger partial charge in [-0.15, -0.1) is 22.7 Å². The number of rotatable bonds is 5. The molecule has 1 saturated carbocycles. The van der Waals surface area contributed by atoms with Crippen LogP contribution in [0.5, 0.6) is 0 Å². The molecule has 4 aromatic rings. The van der Waals surface area contributed by atoms with Crippen molar-refractivity contribution in [2.75, 3.05) is 23.0 Å². The number of carbonyl (C=O) groups is 1. The predicted molar refractivity (Wildman–Crippen MR) is 162 cm³/mol. The first kappa shape index (κ1) is 28.3. The number of amides is 1. The number of anilines is 4. The summed E-state index contributed by atoms with van der Waals surface area (Å²) in [6, 6.07) is 12.4. The number of carbonyl (C=O) groups excluding carboxylic acids is 1. The highest BCUT2D eigenvalue weighted by Gasteiger charge is 2.34. The van der Waals surface area contributed by atoms with E-state index < -0.39 is 9.84 Å². The molecule has 0 bridgehead atoms. The van der Waals surface area contributed by atoms with Crippen molar-refractivity contribution < 1.29 is 13.2 Å². The Bertz CT molecular complexity index is 1550. The standard InChI is InChI=1S/C26H29N3O3S2.C3H4N2S/c1-17-7-9-18(10-8-17)15-20(25(30)28-26-27-13-14-33-26)19-11-12-24-22(16-19)29(2)21-5-3-4-6-23(21)34(24,31)32;4-3-5-1-2-6-3/h3-6,11-14,16-18,20H,7-10,15H2,1-2H3,(H,27,28,30);1-2H,(H2,4,5). The van der Waals surface area contributed by atoms with E-state index in [1.54, 1.807) is 30.6 Å². The second-order valence-corrected chi connectivity index (χ2v) is 14.1. The number of nitrogens with two attached hydrogens (primary N) is 1. The second-order valence-electron chi connectivity index (χ2n) is 10.4. The van der Waals surface area contributed by atoms with Crippen molar-refractivity contribution in [1.82, 2.24) is 9.97 Å². The Hall–Kier alpha value is -3.28. The number of para-hydroxylation sites is 1. The monoisotopic (exact) mass is 595 g/mol. The lowest BCUT2D eigenvalue weighted by Gasteiger charge is -2.32. The van der Waals surface area contributed by atoms with Crippen LogP contribution in [0.15, 0.2) is 75.4 Å². The van der Waals surface area contributed by atoms with Gasteiger partial charge < -0.3 is 16.0 Å². The van der Waals surface area contributed by atoms with Crippen LogP contribution in [0.4, 0.5) is 21.6 Å². The van der Waals surface area contributed by atoms with Crippen LogP contribution in [0.1, 0.15) is 50.5 Å². The summed E-state index contributed by atoms with van der Waals surface area (Å²) in [5.41, 5.74) is 7.29. The smallest absolute Gasteiger partial charge is 0.233 e.